The van der Waals surface area contributed by atoms with Crippen molar-refractivity contribution >= 4 is 36.7 Å². The van der Waals surface area contributed by atoms with Crippen LogP contribution in [0.15, 0.2) is 48.5 Å². The van der Waals surface area contributed by atoms with E-state index in [-0.39, 0.29) is 41.9 Å². The Morgan fingerprint density at radius 1 is 0.667 bits per heavy atom. The molecule has 0 saturated carbocycles. The normalized spacial score (nSPS) is 8.57. The van der Waals surface area contributed by atoms with Gasteiger partial charge in [-0.15, -0.1) is 0 Å². The maximum atomic E-state index is 11.5. The molecule has 14 nitrogen and oxygen atoms in total. The summed E-state index contributed by atoms with van der Waals surface area (Å²) in [6, 6.07) is 12.8. The molecule has 0 bridgehead atoms. The number of nitrogens with zero attached hydrogens (tertiary/aromatic N) is 1. The summed E-state index contributed by atoms with van der Waals surface area (Å²) >= 11 is 0. The van der Waals surface area contributed by atoms with E-state index in [2.05, 4.69) is 15.2 Å². The lowest BCUT2D eigenvalue weighted by Crippen LogP contribution is -2.13. The standard InChI is InChI=1S/C12H14O4.C10H10O4.C3H7NO.C2H8N2.CH3NO/c1-3-15-11(13)9-7-5-6-8-10(9)12(14)16-4-2;1-13-9(11)7-5-3-4-6-8(7)10(12)14-2;1-4(2)3-5;3-1-2-4;2-1-3/h5-8H,3-4H2,1-2H3;3-6H,1-2H3;3H,1-2H3;1-4H2;1H,(H2,2,3). The number of methoxy groups -OCH3 is 2. The first kappa shape index (κ1) is 41.7. The topological polar surface area (TPSA) is 221 Å². The zero-order valence-corrected chi connectivity index (χ0v) is 24.9. The highest BCUT2D eigenvalue weighted by molar-refractivity contribution is 6.03. The first-order valence-electron chi connectivity index (χ1n) is 12.4. The third kappa shape index (κ3) is 19.3. The number of hydrogen-bond donors (Lipinski definition) is 3. The van der Waals surface area contributed by atoms with Gasteiger partial charge in [-0.1, -0.05) is 24.3 Å². The summed E-state index contributed by atoms with van der Waals surface area (Å²) < 4.78 is 18.8. The van der Waals surface area contributed by atoms with Crippen LogP contribution in [-0.2, 0) is 28.5 Å². The second-order valence-electron chi connectivity index (χ2n) is 7.30. The van der Waals surface area contributed by atoms with Gasteiger partial charge in [0, 0.05) is 27.2 Å². The molecular formula is C28H42N4O10. The van der Waals surface area contributed by atoms with Crippen LogP contribution < -0.4 is 17.2 Å². The van der Waals surface area contributed by atoms with Crippen LogP contribution in [-0.4, -0.2) is 96.2 Å². The Bertz CT molecular complexity index is 1000. The number of esters is 4. The van der Waals surface area contributed by atoms with E-state index in [4.69, 9.17) is 25.7 Å². The number of rotatable bonds is 8. The van der Waals surface area contributed by atoms with Gasteiger partial charge in [-0.3, -0.25) is 9.59 Å². The van der Waals surface area contributed by atoms with E-state index in [1.807, 2.05) is 0 Å². The fourth-order valence-electron chi connectivity index (χ4n) is 2.32. The highest BCUT2D eigenvalue weighted by atomic mass is 16.5. The Morgan fingerprint density at radius 3 is 1.07 bits per heavy atom. The number of hydrogen-bond acceptors (Lipinski definition) is 12. The first-order valence-corrected chi connectivity index (χ1v) is 12.4. The molecule has 0 aliphatic rings. The second-order valence-corrected chi connectivity index (χ2v) is 7.30. The Hall–Kier alpha value is -4.82. The third-order valence-electron chi connectivity index (χ3n) is 4.03. The number of ether oxygens (including phenoxy) is 4. The number of benzene rings is 2. The van der Waals surface area contributed by atoms with Crippen molar-refractivity contribution < 1.29 is 47.7 Å². The van der Waals surface area contributed by atoms with Crippen LogP contribution in [0.4, 0.5) is 0 Å². The van der Waals surface area contributed by atoms with E-state index >= 15 is 0 Å². The van der Waals surface area contributed by atoms with Crippen molar-refractivity contribution in [1.29, 1.82) is 0 Å². The van der Waals surface area contributed by atoms with Gasteiger partial charge >= 0.3 is 23.9 Å². The summed E-state index contributed by atoms with van der Waals surface area (Å²) in [7, 11) is 5.90. The quantitative estimate of drug-likeness (QED) is 0.221. The summed E-state index contributed by atoms with van der Waals surface area (Å²) in [5.41, 5.74) is 14.9. The van der Waals surface area contributed by atoms with Gasteiger partial charge in [-0.05, 0) is 38.1 Å². The van der Waals surface area contributed by atoms with Gasteiger partial charge in [0.05, 0.1) is 49.7 Å². The Balaban J connectivity index is -0.000000528. The van der Waals surface area contributed by atoms with Crippen molar-refractivity contribution in [2.75, 3.05) is 54.6 Å². The van der Waals surface area contributed by atoms with Crippen molar-refractivity contribution in [3.05, 3.63) is 70.8 Å². The molecule has 0 unspecified atom stereocenters. The summed E-state index contributed by atoms with van der Waals surface area (Å²) in [5.74, 6) is -2.12. The smallest absolute Gasteiger partial charge is 0.338 e. The zero-order chi connectivity index (χ0) is 32.9. The largest absolute Gasteiger partial charge is 0.465 e. The van der Waals surface area contributed by atoms with Crippen molar-refractivity contribution in [3.63, 3.8) is 0 Å². The number of primary amides is 1. The minimum Gasteiger partial charge on any atom is -0.465 e. The van der Waals surface area contributed by atoms with Crippen LogP contribution in [0.25, 0.3) is 0 Å². The van der Waals surface area contributed by atoms with Crippen LogP contribution in [0.1, 0.15) is 55.3 Å². The lowest BCUT2D eigenvalue weighted by Gasteiger charge is -2.07. The molecule has 2 aromatic carbocycles. The number of carbonyl (C=O) groups excluding carboxylic acids is 6. The molecule has 0 aliphatic heterocycles. The maximum absolute atomic E-state index is 11.5. The van der Waals surface area contributed by atoms with E-state index < -0.39 is 23.9 Å². The molecule has 234 valence electrons. The van der Waals surface area contributed by atoms with Gasteiger partial charge in [0.1, 0.15) is 0 Å². The summed E-state index contributed by atoms with van der Waals surface area (Å²) in [6.45, 7) is 5.17. The lowest BCUT2D eigenvalue weighted by atomic mass is 10.1. The molecule has 0 heterocycles. The predicted molar refractivity (Wildman–Crippen MR) is 156 cm³/mol. The van der Waals surface area contributed by atoms with Crippen LogP contribution in [0, 0.1) is 0 Å². The molecule has 0 aliphatic carbocycles. The molecule has 2 aromatic rings. The van der Waals surface area contributed by atoms with Crippen LogP contribution in [0.3, 0.4) is 0 Å². The minimum absolute atomic E-state index is 0.210. The number of nitrogens with two attached hydrogens (primary N) is 3. The van der Waals surface area contributed by atoms with E-state index in [0.29, 0.717) is 13.1 Å². The third-order valence-corrected chi connectivity index (χ3v) is 4.03. The Morgan fingerprint density at radius 2 is 0.905 bits per heavy atom. The molecule has 0 spiro atoms. The van der Waals surface area contributed by atoms with Gasteiger partial charge in [0.25, 0.3) is 0 Å². The van der Waals surface area contributed by atoms with E-state index in [1.54, 1.807) is 64.3 Å². The maximum Gasteiger partial charge on any atom is 0.338 e. The van der Waals surface area contributed by atoms with Crippen molar-refractivity contribution in [2.24, 2.45) is 17.2 Å². The van der Waals surface area contributed by atoms with E-state index in [0.717, 1.165) is 6.41 Å². The Labute approximate surface area is 246 Å². The summed E-state index contributed by atoms with van der Waals surface area (Å²) in [6.07, 6.45) is 1.00. The Kier molecular flexibility index (Phi) is 27.5. The van der Waals surface area contributed by atoms with Gasteiger partial charge < -0.3 is 41.0 Å². The fraction of sp³-hybridized carbons (Fsp3) is 0.357. The molecule has 0 radical (unpaired) electrons. The van der Waals surface area contributed by atoms with Crippen LogP contribution >= 0.6 is 0 Å². The molecule has 42 heavy (non-hydrogen) atoms. The summed E-state index contributed by atoms with van der Waals surface area (Å²) in [4.78, 5) is 65.0. The highest BCUT2D eigenvalue weighted by Gasteiger charge is 2.18. The average Bonchev–Trinajstić information content (AvgIpc) is 3.01. The summed E-state index contributed by atoms with van der Waals surface area (Å²) in [5, 5.41) is 0. The fourth-order valence-corrected chi connectivity index (χ4v) is 2.32. The number of amides is 2. The van der Waals surface area contributed by atoms with Crippen molar-refractivity contribution in [3.8, 4) is 0 Å². The zero-order valence-electron chi connectivity index (χ0n) is 24.9. The molecular weight excluding hydrogens is 552 g/mol. The molecule has 0 fully saturated rings. The number of carbonyl (C=O) groups is 6. The molecule has 2 rings (SSSR count). The molecule has 6 N–H and O–H groups in total. The SMILES string of the molecule is CCOC(=O)c1ccccc1C(=O)OCC.CN(C)C=O.COC(=O)c1ccccc1C(=O)OC.NC=O.NCCN. The van der Waals surface area contributed by atoms with Gasteiger partial charge in [0.2, 0.25) is 12.8 Å². The second kappa shape index (κ2) is 27.7. The van der Waals surface area contributed by atoms with Gasteiger partial charge in [-0.2, -0.15) is 0 Å². The molecule has 14 heteroatoms. The highest BCUT2D eigenvalue weighted by Crippen LogP contribution is 2.12. The predicted octanol–water partition coefficient (Wildman–Crippen LogP) is 1.01. The van der Waals surface area contributed by atoms with Gasteiger partial charge in [-0.25, -0.2) is 19.2 Å². The molecule has 0 atom stereocenters. The van der Waals surface area contributed by atoms with E-state index in [1.165, 1.54) is 31.3 Å². The molecule has 0 aromatic heterocycles. The van der Waals surface area contributed by atoms with Crippen molar-refractivity contribution in [1.82, 2.24) is 4.90 Å². The molecule has 0 saturated heterocycles. The molecule has 2 amide bonds. The van der Waals surface area contributed by atoms with Crippen LogP contribution in [0.5, 0.6) is 0 Å². The monoisotopic (exact) mass is 594 g/mol. The lowest BCUT2D eigenvalue weighted by molar-refractivity contribution is -0.116. The van der Waals surface area contributed by atoms with Crippen LogP contribution in [0.2, 0.25) is 0 Å². The van der Waals surface area contributed by atoms with Gasteiger partial charge in [0.15, 0.2) is 0 Å². The van der Waals surface area contributed by atoms with E-state index in [9.17, 15) is 24.0 Å². The van der Waals surface area contributed by atoms with Crippen molar-refractivity contribution in [2.45, 2.75) is 13.8 Å². The minimum atomic E-state index is -0.550. The average molecular weight is 595 g/mol. The first-order chi connectivity index (χ1) is 20.0.